The Labute approximate surface area is 160 Å². The molecule has 1 saturated heterocycles. The number of hydrogen-bond donors (Lipinski definition) is 0. The molecule has 1 unspecified atom stereocenters. The highest BCUT2D eigenvalue weighted by Gasteiger charge is 2.43. The van der Waals surface area contributed by atoms with Crippen molar-refractivity contribution >= 4 is 15.9 Å². The van der Waals surface area contributed by atoms with E-state index in [4.69, 9.17) is 0 Å². The average molecular weight is 410 g/mol. The molecule has 5 nitrogen and oxygen atoms in total. The Morgan fingerprint density at radius 3 is 2.43 bits per heavy atom. The smallest absolute Gasteiger partial charge is 0.249 e. The van der Waals surface area contributed by atoms with Gasteiger partial charge in [-0.1, -0.05) is 23.8 Å². The van der Waals surface area contributed by atoms with Crippen molar-refractivity contribution in [2.45, 2.75) is 24.3 Å². The molecule has 2 heterocycles. The van der Waals surface area contributed by atoms with Gasteiger partial charge in [-0.15, -0.1) is 0 Å². The number of carbonyl (C=O) groups excluding carboxylic acids is 1. The lowest BCUT2D eigenvalue weighted by atomic mass is 9.90. The van der Waals surface area contributed by atoms with Gasteiger partial charge in [0.1, 0.15) is 17.5 Å². The Hall–Kier alpha value is -2.39. The number of rotatable bonds is 2. The maximum Gasteiger partial charge on any atom is 0.249 e. The molecule has 28 heavy (non-hydrogen) atoms. The molecule has 4 rings (SSSR count). The molecule has 1 amide bonds. The second-order valence-electron chi connectivity index (χ2n) is 7.05. The highest BCUT2D eigenvalue weighted by molar-refractivity contribution is 7.89. The molecule has 0 aliphatic carbocycles. The number of sulfonamides is 1. The number of piperazine rings is 1. The molecular formula is C19H17F3N2O3S. The fourth-order valence-corrected chi connectivity index (χ4v) is 5.41. The lowest BCUT2D eigenvalue weighted by molar-refractivity contribution is -0.138. The number of benzene rings is 2. The normalized spacial score (nSPS) is 20.1. The molecular weight excluding hydrogens is 393 g/mol. The van der Waals surface area contributed by atoms with E-state index in [9.17, 15) is 26.4 Å². The van der Waals surface area contributed by atoms with Crippen LogP contribution in [0.2, 0.25) is 0 Å². The zero-order valence-corrected chi connectivity index (χ0v) is 15.8. The van der Waals surface area contributed by atoms with Crippen molar-refractivity contribution in [1.29, 1.82) is 0 Å². The lowest BCUT2D eigenvalue weighted by Gasteiger charge is -2.44. The zero-order valence-electron chi connectivity index (χ0n) is 15.0. The van der Waals surface area contributed by atoms with Crippen LogP contribution in [-0.4, -0.2) is 43.2 Å². The van der Waals surface area contributed by atoms with E-state index in [0.29, 0.717) is 25.1 Å². The zero-order chi connectivity index (χ0) is 20.2. The Balaban J connectivity index is 1.75. The topological polar surface area (TPSA) is 57.7 Å². The van der Waals surface area contributed by atoms with Gasteiger partial charge in [-0.2, -0.15) is 4.31 Å². The van der Waals surface area contributed by atoms with Crippen LogP contribution < -0.4 is 0 Å². The molecule has 0 N–H and O–H groups in total. The van der Waals surface area contributed by atoms with Crippen LogP contribution in [-0.2, 0) is 21.2 Å². The quantitative estimate of drug-likeness (QED) is 0.765. The first-order valence-corrected chi connectivity index (χ1v) is 10.2. The summed E-state index contributed by atoms with van der Waals surface area (Å²) in [5, 5.41) is 0. The molecule has 0 radical (unpaired) electrons. The summed E-state index contributed by atoms with van der Waals surface area (Å²) in [6, 6.07) is 5.80. The van der Waals surface area contributed by atoms with Gasteiger partial charge in [-0.25, -0.2) is 21.6 Å². The summed E-state index contributed by atoms with van der Waals surface area (Å²) in [5.74, 6) is -4.69. The predicted molar refractivity (Wildman–Crippen MR) is 94.4 cm³/mol. The molecule has 2 aromatic rings. The van der Waals surface area contributed by atoms with Crippen molar-refractivity contribution in [2.24, 2.45) is 0 Å². The summed E-state index contributed by atoms with van der Waals surface area (Å²) >= 11 is 0. The molecule has 1 atom stereocenters. The van der Waals surface area contributed by atoms with E-state index in [1.807, 2.05) is 25.1 Å². The standard InChI is InChI=1S/C19H17F3N2O3S/c1-11-2-3-14-12(6-11)4-5-24-17(14)9-23(10-18(24)25)28(26,27)19-15(21)7-13(20)8-16(19)22/h2-3,6-8,17H,4-5,9-10H2,1H3. The van der Waals surface area contributed by atoms with Crippen molar-refractivity contribution in [1.82, 2.24) is 9.21 Å². The van der Waals surface area contributed by atoms with Gasteiger partial charge in [0.2, 0.25) is 15.9 Å². The van der Waals surface area contributed by atoms with Crippen LogP contribution >= 0.6 is 0 Å². The molecule has 0 aromatic heterocycles. The molecule has 2 aliphatic rings. The first-order chi connectivity index (χ1) is 13.2. The molecule has 148 valence electrons. The van der Waals surface area contributed by atoms with Gasteiger partial charge >= 0.3 is 0 Å². The monoisotopic (exact) mass is 410 g/mol. The van der Waals surface area contributed by atoms with E-state index in [-0.39, 0.29) is 6.54 Å². The van der Waals surface area contributed by atoms with Gasteiger partial charge in [0.25, 0.3) is 0 Å². The minimum absolute atomic E-state index is 0.125. The summed E-state index contributed by atoms with van der Waals surface area (Å²) in [6.07, 6.45) is 0.660. The van der Waals surface area contributed by atoms with Crippen molar-refractivity contribution < 1.29 is 26.4 Å². The summed E-state index contributed by atoms with van der Waals surface area (Å²) in [4.78, 5) is 12.9. The third kappa shape index (κ3) is 2.98. The van der Waals surface area contributed by atoms with Gasteiger partial charge in [-0.3, -0.25) is 4.79 Å². The van der Waals surface area contributed by atoms with Gasteiger partial charge in [0.05, 0.1) is 12.6 Å². The van der Waals surface area contributed by atoms with Gasteiger partial charge < -0.3 is 4.90 Å². The van der Waals surface area contributed by atoms with Gasteiger partial charge in [-0.05, 0) is 24.5 Å². The maximum atomic E-state index is 14.1. The first kappa shape index (κ1) is 18.9. The number of carbonyl (C=O) groups is 1. The van der Waals surface area contributed by atoms with Gasteiger partial charge in [0, 0.05) is 25.2 Å². The van der Waals surface area contributed by atoms with Crippen LogP contribution in [0, 0.1) is 24.4 Å². The lowest BCUT2D eigenvalue weighted by Crippen LogP contribution is -2.55. The number of halogens is 3. The number of aryl methyl sites for hydroxylation is 1. The summed E-state index contributed by atoms with van der Waals surface area (Å²) in [6.45, 7) is 1.75. The molecule has 0 spiro atoms. The average Bonchev–Trinajstić information content (AvgIpc) is 2.59. The van der Waals surface area contributed by atoms with Crippen LogP contribution in [0.4, 0.5) is 13.2 Å². The predicted octanol–water partition coefficient (Wildman–Crippen LogP) is 2.54. The first-order valence-electron chi connectivity index (χ1n) is 8.72. The number of fused-ring (bicyclic) bond motifs is 3. The highest BCUT2D eigenvalue weighted by atomic mass is 32.2. The fourth-order valence-electron chi connectivity index (χ4n) is 3.92. The number of nitrogens with zero attached hydrogens (tertiary/aromatic N) is 2. The summed E-state index contributed by atoms with van der Waals surface area (Å²) in [7, 11) is -4.67. The second kappa shape index (κ2) is 6.59. The SMILES string of the molecule is Cc1ccc2c(c1)CCN1C(=O)CN(S(=O)(=O)c3c(F)cc(F)cc3F)CC21. The van der Waals surface area contributed by atoms with E-state index in [1.165, 1.54) is 0 Å². The van der Waals surface area contributed by atoms with Crippen molar-refractivity contribution in [2.75, 3.05) is 19.6 Å². The third-order valence-corrected chi connectivity index (χ3v) is 7.09. The second-order valence-corrected chi connectivity index (χ2v) is 8.93. The van der Waals surface area contributed by atoms with Gasteiger partial charge in [0.15, 0.2) is 4.90 Å². The maximum absolute atomic E-state index is 14.1. The third-order valence-electron chi connectivity index (χ3n) is 5.23. The van der Waals surface area contributed by atoms with Crippen LogP contribution in [0.25, 0.3) is 0 Å². The van der Waals surface area contributed by atoms with Crippen molar-refractivity contribution in [3.8, 4) is 0 Å². The van der Waals surface area contributed by atoms with Crippen LogP contribution in [0.5, 0.6) is 0 Å². The Kier molecular flexibility index (Phi) is 4.46. The summed E-state index contributed by atoms with van der Waals surface area (Å²) in [5.41, 5.74) is 2.90. The van der Waals surface area contributed by atoms with E-state index in [2.05, 4.69) is 0 Å². The van der Waals surface area contributed by atoms with Crippen LogP contribution in [0.15, 0.2) is 35.2 Å². The fraction of sp³-hybridized carbons (Fsp3) is 0.316. The number of amides is 1. The molecule has 0 saturated carbocycles. The molecule has 1 fully saturated rings. The van der Waals surface area contributed by atoms with Crippen LogP contribution in [0.3, 0.4) is 0 Å². The minimum Gasteiger partial charge on any atom is -0.333 e. The van der Waals surface area contributed by atoms with Crippen LogP contribution in [0.1, 0.15) is 22.7 Å². The molecule has 0 bridgehead atoms. The molecule has 9 heteroatoms. The Morgan fingerprint density at radius 1 is 1.07 bits per heavy atom. The van der Waals surface area contributed by atoms with Crippen molar-refractivity contribution in [3.63, 3.8) is 0 Å². The molecule has 2 aliphatic heterocycles. The number of hydrogen-bond acceptors (Lipinski definition) is 3. The summed E-state index contributed by atoms with van der Waals surface area (Å²) < 4.78 is 67.9. The van der Waals surface area contributed by atoms with E-state index in [0.717, 1.165) is 21.0 Å². The molecule has 2 aromatic carbocycles. The van der Waals surface area contributed by atoms with E-state index in [1.54, 1.807) is 4.90 Å². The van der Waals surface area contributed by atoms with E-state index >= 15 is 0 Å². The highest BCUT2D eigenvalue weighted by Crippen LogP contribution is 2.36. The Morgan fingerprint density at radius 2 is 1.75 bits per heavy atom. The van der Waals surface area contributed by atoms with Crippen molar-refractivity contribution in [3.05, 3.63) is 64.5 Å². The van der Waals surface area contributed by atoms with E-state index < -0.39 is 50.9 Å². The minimum atomic E-state index is -4.67. The Bertz CT molecular complexity index is 1060. The largest absolute Gasteiger partial charge is 0.333 e.